The summed E-state index contributed by atoms with van der Waals surface area (Å²) < 4.78 is 14.3. The van der Waals surface area contributed by atoms with Crippen LogP contribution in [0.1, 0.15) is 50.3 Å². The van der Waals surface area contributed by atoms with E-state index in [0.717, 1.165) is 54.0 Å². The molecule has 0 radical (unpaired) electrons. The van der Waals surface area contributed by atoms with E-state index in [9.17, 15) is 10.2 Å². The zero-order valence-electron chi connectivity index (χ0n) is 17.9. The van der Waals surface area contributed by atoms with Crippen molar-refractivity contribution in [2.75, 3.05) is 18.9 Å². The molecule has 168 valence electrons. The van der Waals surface area contributed by atoms with Crippen molar-refractivity contribution in [3.8, 4) is 17.0 Å². The normalized spacial score (nSPS) is 31.2. The van der Waals surface area contributed by atoms with Gasteiger partial charge in [0.15, 0.2) is 0 Å². The summed E-state index contributed by atoms with van der Waals surface area (Å²) in [4.78, 5) is 9.20. The van der Waals surface area contributed by atoms with Gasteiger partial charge in [-0.05, 0) is 50.7 Å². The number of anilines is 1. The quantitative estimate of drug-likeness (QED) is 0.544. The first-order valence-electron chi connectivity index (χ1n) is 11.3. The van der Waals surface area contributed by atoms with Crippen molar-refractivity contribution in [3.63, 3.8) is 0 Å². The molecule has 2 saturated heterocycles. The summed E-state index contributed by atoms with van der Waals surface area (Å²) in [5.41, 5.74) is 7.49. The number of aliphatic hydroxyl groups is 2. The maximum Gasteiger partial charge on any atom is 0.150 e. The molecule has 3 aromatic rings. The van der Waals surface area contributed by atoms with Gasteiger partial charge in [0.2, 0.25) is 0 Å². The molecule has 0 amide bonds. The average Bonchev–Trinajstić information content (AvgIpc) is 3.50. The number of benzene rings is 1. The first kappa shape index (κ1) is 20.0. The van der Waals surface area contributed by atoms with E-state index in [1.54, 1.807) is 6.20 Å². The number of imidazole rings is 1. The SMILES string of the molecule is Nc1nccn2c(C3CC(O)(CO)C3)nc(-c3cccc(OCC45CCC(CC4)O5)c3)c12. The maximum absolute atomic E-state index is 10.3. The molecule has 0 unspecified atom stereocenters. The Kier molecular flexibility index (Phi) is 4.47. The van der Waals surface area contributed by atoms with E-state index in [-0.39, 0.29) is 18.1 Å². The molecule has 3 aliphatic rings. The molecular weight excluding hydrogens is 408 g/mol. The van der Waals surface area contributed by atoms with Gasteiger partial charge in [-0.15, -0.1) is 0 Å². The number of hydrogen-bond acceptors (Lipinski definition) is 7. The molecule has 32 heavy (non-hydrogen) atoms. The molecule has 8 nitrogen and oxygen atoms in total. The summed E-state index contributed by atoms with van der Waals surface area (Å²) >= 11 is 0. The minimum absolute atomic E-state index is 0.0450. The Morgan fingerprint density at radius 2 is 2.06 bits per heavy atom. The van der Waals surface area contributed by atoms with Crippen LogP contribution in [0, 0.1) is 0 Å². The highest BCUT2D eigenvalue weighted by molar-refractivity contribution is 5.85. The van der Waals surface area contributed by atoms with E-state index in [2.05, 4.69) is 4.98 Å². The minimum atomic E-state index is -1.02. The van der Waals surface area contributed by atoms with Gasteiger partial charge in [0, 0.05) is 23.9 Å². The van der Waals surface area contributed by atoms with Gasteiger partial charge in [-0.25, -0.2) is 9.97 Å². The molecule has 3 fully saturated rings. The largest absolute Gasteiger partial charge is 0.491 e. The number of hydrogen-bond donors (Lipinski definition) is 3. The lowest BCUT2D eigenvalue weighted by Gasteiger charge is -2.41. The van der Waals surface area contributed by atoms with E-state index in [1.165, 1.54) is 0 Å². The van der Waals surface area contributed by atoms with Gasteiger partial charge in [-0.3, -0.25) is 4.40 Å². The van der Waals surface area contributed by atoms with Crippen molar-refractivity contribution in [2.24, 2.45) is 0 Å². The van der Waals surface area contributed by atoms with Crippen LogP contribution >= 0.6 is 0 Å². The van der Waals surface area contributed by atoms with Crippen molar-refractivity contribution < 1.29 is 19.7 Å². The number of nitrogens with two attached hydrogens (primary N) is 1. The van der Waals surface area contributed by atoms with E-state index in [1.807, 2.05) is 34.9 Å². The van der Waals surface area contributed by atoms with Gasteiger partial charge in [0.25, 0.3) is 0 Å². The number of nitrogens with zero attached hydrogens (tertiary/aromatic N) is 3. The highest BCUT2D eigenvalue weighted by Gasteiger charge is 2.47. The van der Waals surface area contributed by atoms with Gasteiger partial charge in [0.05, 0.1) is 18.3 Å². The Bertz CT molecular complexity index is 1160. The van der Waals surface area contributed by atoms with E-state index in [0.29, 0.717) is 31.4 Å². The topological polar surface area (TPSA) is 115 Å². The van der Waals surface area contributed by atoms with Gasteiger partial charge in [-0.2, -0.15) is 0 Å². The minimum Gasteiger partial charge on any atom is -0.491 e. The molecule has 8 heteroatoms. The predicted molar refractivity (Wildman–Crippen MR) is 118 cm³/mol. The number of aromatic nitrogens is 3. The zero-order valence-corrected chi connectivity index (χ0v) is 17.9. The molecule has 2 aromatic heterocycles. The highest BCUT2D eigenvalue weighted by atomic mass is 16.6. The molecule has 4 heterocycles. The lowest BCUT2D eigenvalue weighted by molar-refractivity contribution is -0.0882. The molecule has 2 bridgehead atoms. The molecule has 1 aromatic carbocycles. The fourth-order valence-electron chi connectivity index (χ4n) is 5.58. The number of aliphatic hydroxyl groups excluding tert-OH is 1. The maximum atomic E-state index is 10.3. The smallest absolute Gasteiger partial charge is 0.150 e. The molecular formula is C24H28N4O4. The molecule has 4 N–H and O–H groups in total. The van der Waals surface area contributed by atoms with Crippen LogP contribution in [0.5, 0.6) is 5.75 Å². The number of ether oxygens (including phenoxy) is 2. The van der Waals surface area contributed by atoms with Gasteiger partial charge < -0.3 is 25.4 Å². The zero-order chi connectivity index (χ0) is 21.9. The monoisotopic (exact) mass is 436 g/mol. The van der Waals surface area contributed by atoms with Crippen molar-refractivity contribution in [1.29, 1.82) is 0 Å². The second kappa shape index (κ2) is 7.16. The number of nitrogen functional groups attached to an aromatic ring is 1. The number of fused-ring (bicyclic) bond motifs is 3. The van der Waals surface area contributed by atoms with Crippen molar-refractivity contribution in [3.05, 3.63) is 42.5 Å². The second-order valence-electron chi connectivity index (χ2n) is 9.65. The molecule has 1 saturated carbocycles. The lowest BCUT2D eigenvalue weighted by Crippen LogP contribution is -2.46. The molecule has 0 spiro atoms. The van der Waals surface area contributed by atoms with Gasteiger partial charge in [0.1, 0.15) is 40.8 Å². The van der Waals surface area contributed by atoms with E-state index < -0.39 is 5.60 Å². The van der Waals surface area contributed by atoms with E-state index >= 15 is 0 Å². The van der Waals surface area contributed by atoms with Gasteiger partial charge in [-0.1, -0.05) is 12.1 Å². The lowest BCUT2D eigenvalue weighted by atomic mass is 9.71. The van der Waals surface area contributed by atoms with Crippen molar-refractivity contribution in [1.82, 2.24) is 14.4 Å². The third-order valence-corrected chi connectivity index (χ3v) is 7.39. The average molecular weight is 437 g/mol. The Morgan fingerprint density at radius 1 is 1.25 bits per heavy atom. The van der Waals surface area contributed by atoms with Crippen molar-refractivity contribution >= 4 is 11.3 Å². The van der Waals surface area contributed by atoms with Crippen LogP contribution in [-0.2, 0) is 4.74 Å². The van der Waals surface area contributed by atoms with Crippen LogP contribution in [0.4, 0.5) is 5.82 Å². The van der Waals surface area contributed by atoms with Crippen LogP contribution in [0.25, 0.3) is 16.8 Å². The highest BCUT2D eigenvalue weighted by Crippen LogP contribution is 2.46. The molecule has 1 aliphatic carbocycles. The van der Waals surface area contributed by atoms with Crippen LogP contribution in [0.15, 0.2) is 36.7 Å². The number of rotatable bonds is 6. The predicted octanol–water partition coefficient (Wildman–Crippen LogP) is 2.67. The molecule has 6 rings (SSSR count). The van der Waals surface area contributed by atoms with Crippen molar-refractivity contribution in [2.45, 2.75) is 61.7 Å². The summed E-state index contributed by atoms with van der Waals surface area (Å²) in [7, 11) is 0. The van der Waals surface area contributed by atoms with Crippen LogP contribution in [0.2, 0.25) is 0 Å². The Morgan fingerprint density at radius 3 is 2.78 bits per heavy atom. The van der Waals surface area contributed by atoms with Crippen LogP contribution in [0.3, 0.4) is 0 Å². The van der Waals surface area contributed by atoms with E-state index in [4.69, 9.17) is 20.2 Å². The Balaban J connectivity index is 1.32. The summed E-state index contributed by atoms with van der Waals surface area (Å²) in [5.74, 6) is 2.05. The summed E-state index contributed by atoms with van der Waals surface area (Å²) in [5, 5.41) is 19.7. The molecule has 0 atom stereocenters. The first-order valence-corrected chi connectivity index (χ1v) is 11.3. The fraction of sp³-hybridized carbons (Fsp3) is 0.500. The molecule has 2 aliphatic heterocycles. The fourth-order valence-corrected chi connectivity index (χ4v) is 5.58. The second-order valence-corrected chi connectivity index (χ2v) is 9.65. The van der Waals surface area contributed by atoms with Crippen LogP contribution in [-0.4, -0.2) is 55.1 Å². The first-order chi connectivity index (χ1) is 15.5. The third-order valence-electron chi connectivity index (χ3n) is 7.39. The Hall–Kier alpha value is -2.68. The van der Waals surface area contributed by atoms with Crippen LogP contribution < -0.4 is 10.5 Å². The summed E-state index contributed by atoms with van der Waals surface area (Å²) in [6.07, 6.45) is 9.24. The third kappa shape index (κ3) is 3.17. The Labute approximate surface area is 186 Å². The summed E-state index contributed by atoms with van der Waals surface area (Å²) in [6.45, 7) is 0.322. The van der Waals surface area contributed by atoms with Gasteiger partial charge >= 0.3 is 0 Å². The summed E-state index contributed by atoms with van der Waals surface area (Å²) in [6, 6.07) is 7.89. The standard InChI is InChI=1S/C24H28N4O4/c25-21-20-19(27-22(28(20)9-8-26-21)16-11-23(30,12-16)13-29)15-2-1-3-18(10-15)31-14-24-6-4-17(32-24)5-7-24/h1-3,8-10,16-17,29-30H,4-7,11-14H2,(H2,25,26).